The number of rotatable bonds is 6. The number of ether oxygens (including phenoxy) is 1. The molecule has 2 aliphatic rings. The maximum Gasteiger partial charge on any atom is 0.141 e. The number of hydrogen-bond donors (Lipinski definition) is 0. The van der Waals surface area contributed by atoms with E-state index in [0.29, 0.717) is 0 Å². The molecule has 2 aromatic carbocycles. The van der Waals surface area contributed by atoms with Crippen molar-refractivity contribution in [2.75, 3.05) is 38.2 Å². The third-order valence-corrected chi connectivity index (χ3v) is 8.78. The minimum absolute atomic E-state index is 0.751. The van der Waals surface area contributed by atoms with E-state index in [9.17, 15) is 0 Å². The maximum absolute atomic E-state index is 6.27. The zero-order valence-electron chi connectivity index (χ0n) is 20.7. The van der Waals surface area contributed by atoms with Gasteiger partial charge in [-0.25, -0.2) is 9.97 Å². The number of aryl methyl sites for hydroxylation is 2. The van der Waals surface area contributed by atoms with Crippen LogP contribution in [0.15, 0.2) is 48.5 Å². The highest BCUT2D eigenvalue weighted by Gasteiger charge is 2.26. The first-order chi connectivity index (χ1) is 17.7. The van der Waals surface area contributed by atoms with Gasteiger partial charge in [0.1, 0.15) is 22.2 Å². The number of thiophene rings is 1. The first-order valence-electron chi connectivity index (χ1n) is 12.8. The summed E-state index contributed by atoms with van der Waals surface area (Å²) in [6.45, 7) is 4.68. The molecule has 1 aliphatic heterocycles. The van der Waals surface area contributed by atoms with Crippen LogP contribution in [0.3, 0.4) is 0 Å². The van der Waals surface area contributed by atoms with Gasteiger partial charge >= 0.3 is 0 Å². The van der Waals surface area contributed by atoms with E-state index in [1.807, 2.05) is 29.5 Å². The number of nitrogens with zero attached hydrogens (tertiary/aromatic N) is 4. The number of halogens is 1. The molecular weight excluding hydrogens is 488 g/mol. The first kappa shape index (κ1) is 23.7. The average Bonchev–Trinajstić information content (AvgIpc) is 3.28. The molecule has 5 nitrogen and oxygen atoms in total. The van der Waals surface area contributed by atoms with E-state index < -0.39 is 0 Å². The molecule has 0 saturated carbocycles. The summed E-state index contributed by atoms with van der Waals surface area (Å²) in [5, 5.41) is 2.07. The number of anilines is 1. The normalized spacial score (nSPS) is 16.3. The highest BCUT2D eigenvalue weighted by Crippen LogP contribution is 2.40. The fraction of sp³-hybridized carbons (Fsp3) is 0.379. The summed E-state index contributed by atoms with van der Waals surface area (Å²) in [7, 11) is 1.72. The number of aromatic nitrogens is 2. The summed E-state index contributed by atoms with van der Waals surface area (Å²) in [5.41, 5.74) is 3.90. The second-order valence-electron chi connectivity index (χ2n) is 9.74. The highest BCUT2D eigenvalue weighted by molar-refractivity contribution is 7.19. The lowest BCUT2D eigenvalue weighted by Gasteiger charge is -2.36. The number of benzene rings is 2. The molecule has 7 heteroatoms. The van der Waals surface area contributed by atoms with E-state index in [-0.39, 0.29) is 0 Å². The largest absolute Gasteiger partial charge is 0.496 e. The van der Waals surface area contributed by atoms with Crippen molar-refractivity contribution < 1.29 is 4.74 Å². The van der Waals surface area contributed by atoms with E-state index in [0.717, 1.165) is 73.5 Å². The van der Waals surface area contributed by atoms with Crippen LogP contribution in [0.1, 0.15) is 40.2 Å². The molecule has 3 heterocycles. The Hall–Kier alpha value is -2.67. The van der Waals surface area contributed by atoms with Crippen molar-refractivity contribution in [1.29, 1.82) is 0 Å². The Labute approximate surface area is 221 Å². The van der Waals surface area contributed by atoms with E-state index in [1.54, 1.807) is 7.11 Å². The van der Waals surface area contributed by atoms with Gasteiger partial charge in [0.05, 0.1) is 12.5 Å². The molecule has 186 valence electrons. The molecule has 6 rings (SSSR count). The Bertz CT molecular complexity index is 1360. The fourth-order valence-corrected chi connectivity index (χ4v) is 6.97. The monoisotopic (exact) mass is 518 g/mol. The number of methoxy groups -OCH3 is 1. The molecule has 0 N–H and O–H groups in total. The molecule has 1 saturated heterocycles. The van der Waals surface area contributed by atoms with Gasteiger partial charge in [-0.2, -0.15) is 0 Å². The van der Waals surface area contributed by atoms with Crippen molar-refractivity contribution >= 4 is 39.0 Å². The minimum atomic E-state index is 0.751. The summed E-state index contributed by atoms with van der Waals surface area (Å²) in [6, 6.07) is 16.4. The summed E-state index contributed by atoms with van der Waals surface area (Å²) in [6.07, 6.45) is 5.64. The van der Waals surface area contributed by atoms with Crippen LogP contribution >= 0.6 is 22.9 Å². The van der Waals surface area contributed by atoms with Crippen molar-refractivity contribution in [3.8, 4) is 5.75 Å². The summed E-state index contributed by atoms with van der Waals surface area (Å²) in [4.78, 5) is 18.0. The Morgan fingerprint density at radius 2 is 1.78 bits per heavy atom. The van der Waals surface area contributed by atoms with Crippen LogP contribution in [0.4, 0.5) is 5.82 Å². The Kier molecular flexibility index (Phi) is 6.83. The zero-order valence-corrected chi connectivity index (χ0v) is 22.2. The maximum atomic E-state index is 6.27. The van der Waals surface area contributed by atoms with Gasteiger partial charge in [-0.1, -0.05) is 41.9 Å². The van der Waals surface area contributed by atoms with Crippen LogP contribution in [0, 0.1) is 0 Å². The van der Waals surface area contributed by atoms with Crippen LogP contribution < -0.4 is 9.64 Å². The predicted octanol–water partition coefficient (Wildman–Crippen LogP) is 6.15. The number of fused-ring (bicyclic) bond motifs is 3. The first-order valence-corrected chi connectivity index (χ1v) is 14.0. The predicted molar refractivity (Wildman–Crippen MR) is 149 cm³/mol. The van der Waals surface area contributed by atoms with Gasteiger partial charge < -0.3 is 9.64 Å². The lowest BCUT2D eigenvalue weighted by molar-refractivity contribution is 0.245. The van der Waals surface area contributed by atoms with Crippen LogP contribution in [0.25, 0.3) is 10.2 Å². The van der Waals surface area contributed by atoms with E-state index in [2.05, 4.69) is 40.1 Å². The minimum Gasteiger partial charge on any atom is -0.496 e. The number of piperazine rings is 1. The fourth-order valence-electron chi connectivity index (χ4n) is 5.50. The van der Waals surface area contributed by atoms with Gasteiger partial charge in [0.25, 0.3) is 0 Å². The van der Waals surface area contributed by atoms with E-state index in [1.165, 1.54) is 45.5 Å². The molecule has 0 radical (unpaired) electrons. The van der Waals surface area contributed by atoms with Gasteiger partial charge in [0.2, 0.25) is 0 Å². The summed E-state index contributed by atoms with van der Waals surface area (Å²) in [5.74, 6) is 2.97. The highest BCUT2D eigenvalue weighted by atomic mass is 35.5. The average molecular weight is 519 g/mol. The van der Waals surface area contributed by atoms with Gasteiger partial charge in [0.15, 0.2) is 0 Å². The third kappa shape index (κ3) is 4.82. The second kappa shape index (κ2) is 10.4. The summed E-state index contributed by atoms with van der Waals surface area (Å²) >= 11 is 8.17. The van der Waals surface area contributed by atoms with Gasteiger partial charge in [-0.3, -0.25) is 4.90 Å². The molecule has 2 aromatic heterocycles. The molecule has 4 aromatic rings. The SMILES string of the molecule is COc1ccc(Cl)cc1CN1CCN(c2nc(Cc3ccccc3)nc3sc4c(c23)CCCC4)CC1. The second-order valence-corrected chi connectivity index (χ2v) is 11.3. The molecule has 0 amide bonds. The van der Waals surface area contributed by atoms with E-state index >= 15 is 0 Å². The standard InChI is InChI=1S/C29H31ClN4OS/c1-35-24-12-11-22(30)18-21(24)19-33-13-15-34(16-14-33)28-27-23-9-5-6-10-25(23)36-29(27)32-26(31-28)17-20-7-3-2-4-8-20/h2-4,7-8,11-12,18H,5-6,9-10,13-17,19H2,1H3. The molecule has 0 spiro atoms. The molecule has 0 unspecified atom stereocenters. The Morgan fingerprint density at radius 1 is 0.972 bits per heavy atom. The Morgan fingerprint density at radius 3 is 2.58 bits per heavy atom. The lowest BCUT2D eigenvalue weighted by atomic mass is 9.96. The third-order valence-electron chi connectivity index (χ3n) is 7.36. The van der Waals surface area contributed by atoms with Crippen LogP contribution in [-0.2, 0) is 25.8 Å². The molecule has 0 bridgehead atoms. The van der Waals surface area contributed by atoms with Crippen molar-refractivity contribution in [3.63, 3.8) is 0 Å². The van der Waals surface area contributed by atoms with Crippen LogP contribution in [0.5, 0.6) is 5.75 Å². The number of hydrogen-bond acceptors (Lipinski definition) is 6. The van der Waals surface area contributed by atoms with E-state index in [4.69, 9.17) is 26.3 Å². The van der Waals surface area contributed by atoms with Crippen LogP contribution in [0.2, 0.25) is 5.02 Å². The molecule has 1 aliphatic carbocycles. The zero-order chi connectivity index (χ0) is 24.5. The van der Waals surface area contributed by atoms with Crippen molar-refractivity contribution in [3.05, 3.63) is 80.9 Å². The topological polar surface area (TPSA) is 41.5 Å². The smallest absolute Gasteiger partial charge is 0.141 e. The molecule has 1 fully saturated rings. The van der Waals surface area contributed by atoms with Crippen molar-refractivity contribution in [2.24, 2.45) is 0 Å². The Balaban J connectivity index is 1.28. The van der Waals surface area contributed by atoms with Crippen molar-refractivity contribution in [2.45, 2.75) is 38.6 Å². The molecule has 36 heavy (non-hydrogen) atoms. The lowest BCUT2D eigenvalue weighted by Crippen LogP contribution is -2.46. The van der Waals surface area contributed by atoms with Crippen LogP contribution in [-0.4, -0.2) is 48.2 Å². The summed E-state index contributed by atoms with van der Waals surface area (Å²) < 4.78 is 5.57. The van der Waals surface area contributed by atoms with Gasteiger partial charge in [-0.05, 0) is 55.0 Å². The van der Waals surface area contributed by atoms with Gasteiger partial charge in [0, 0.05) is 54.6 Å². The van der Waals surface area contributed by atoms with Gasteiger partial charge in [-0.15, -0.1) is 11.3 Å². The quantitative estimate of drug-likeness (QED) is 0.306. The van der Waals surface area contributed by atoms with Crippen molar-refractivity contribution in [1.82, 2.24) is 14.9 Å². The molecule has 0 atom stereocenters. The molecular formula is C29H31ClN4OS.